The summed E-state index contributed by atoms with van der Waals surface area (Å²) < 4.78 is 0. The topological polar surface area (TPSA) is 66.0 Å². The van der Waals surface area contributed by atoms with Gasteiger partial charge in [0.2, 0.25) is 0 Å². The van der Waals surface area contributed by atoms with E-state index in [0.29, 0.717) is 10.3 Å². The van der Waals surface area contributed by atoms with E-state index < -0.39 is 5.97 Å². The molecule has 0 aromatic carbocycles. The lowest BCUT2D eigenvalue weighted by Gasteiger charge is -1.82. The molecule has 0 atom stereocenters. The van der Waals surface area contributed by atoms with Crippen molar-refractivity contribution in [2.24, 2.45) is 0 Å². The van der Waals surface area contributed by atoms with Gasteiger partial charge in [0.25, 0.3) is 0 Å². The molecule has 11 heavy (non-hydrogen) atoms. The third-order valence-corrected chi connectivity index (χ3v) is 2.39. The summed E-state index contributed by atoms with van der Waals surface area (Å²) in [5.41, 5.74) is 0.785. The van der Waals surface area contributed by atoms with Crippen molar-refractivity contribution in [1.82, 2.24) is 10.2 Å². The average Bonchev–Trinajstić information content (AvgIpc) is 2.41. The number of fused-ring (bicyclic) bond motifs is 1. The number of carboxylic acid groups (broad SMARTS) is 1. The molecule has 2 heterocycles. The lowest BCUT2D eigenvalue weighted by atomic mass is 10.3. The van der Waals surface area contributed by atoms with E-state index >= 15 is 0 Å². The number of aromatic nitrogens is 2. The van der Waals surface area contributed by atoms with Crippen molar-refractivity contribution < 1.29 is 9.90 Å². The molecular formula is C6H4N2O2S. The van der Waals surface area contributed by atoms with Gasteiger partial charge in [0.1, 0.15) is 4.88 Å². The SMILES string of the molecule is O=C(O)c1scc2[nH]ncc12. The van der Waals surface area contributed by atoms with Gasteiger partial charge in [-0.15, -0.1) is 11.3 Å². The molecule has 4 nitrogen and oxygen atoms in total. The van der Waals surface area contributed by atoms with Gasteiger partial charge in [0, 0.05) is 10.8 Å². The maximum Gasteiger partial charge on any atom is 0.346 e. The zero-order chi connectivity index (χ0) is 7.84. The predicted octanol–water partition coefficient (Wildman–Crippen LogP) is 1.32. The second-order valence-electron chi connectivity index (χ2n) is 2.07. The van der Waals surface area contributed by atoms with Crippen LogP contribution in [0.2, 0.25) is 0 Å². The summed E-state index contributed by atoms with van der Waals surface area (Å²) in [6.45, 7) is 0. The van der Waals surface area contributed by atoms with Crippen LogP contribution in [0.1, 0.15) is 9.67 Å². The highest BCUT2D eigenvalue weighted by Crippen LogP contribution is 2.22. The summed E-state index contributed by atoms with van der Waals surface area (Å²) in [5, 5.41) is 17.5. The Bertz CT molecular complexity index is 403. The van der Waals surface area contributed by atoms with E-state index in [1.165, 1.54) is 17.5 Å². The highest BCUT2D eigenvalue weighted by atomic mass is 32.1. The van der Waals surface area contributed by atoms with Gasteiger partial charge >= 0.3 is 5.97 Å². The van der Waals surface area contributed by atoms with Crippen LogP contribution in [-0.4, -0.2) is 21.3 Å². The number of aromatic amines is 1. The molecule has 56 valence electrons. The molecule has 0 saturated heterocycles. The average molecular weight is 168 g/mol. The Balaban J connectivity index is 2.78. The summed E-state index contributed by atoms with van der Waals surface area (Å²) in [5.74, 6) is -0.897. The number of nitrogens with zero attached hydrogens (tertiary/aromatic N) is 1. The smallest absolute Gasteiger partial charge is 0.346 e. The van der Waals surface area contributed by atoms with Gasteiger partial charge in [-0.2, -0.15) is 5.10 Å². The molecule has 0 saturated carbocycles. The highest BCUT2D eigenvalue weighted by molar-refractivity contribution is 7.13. The molecule has 2 aromatic rings. The largest absolute Gasteiger partial charge is 0.477 e. The van der Waals surface area contributed by atoms with Gasteiger partial charge in [0.15, 0.2) is 0 Å². The summed E-state index contributed by atoms with van der Waals surface area (Å²) >= 11 is 1.21. The Morgan fingerprint density at radius 2 is 2.55 bits per heavy atom. The predicted molar refractivity (Wildman–Crippen MR) is 40.9 cm³/mol. The number of nitrogens with one attached hydrogen (secondary N) is 1. The Labute approximate surface area is 65.5 Å². The number of rotatable bonds is 1. The van der Waals surface area contributed by atoms with Gasteiger partial charge in [0.05, 0.1) is 11.7 Å². The molecule has 2 aromatic heterocycles. The van der Waals surface area contributed by atoms with E-state index in [4.69, 9.17) is 5.11 Å². The standard InChI is InChI=1S/C6H4N2O2S/c9-6(10)5-3-1-7-8-4(3)2-11-5/h1-2,8H,(H,9,10). The Hall–Kier alpha value is -1.36. The summed E-state index contributed by atoms with van der Waals surface area (Å²) in [6, 6.07) is 0. The Morgan fingerprint density at radius 3 is 3.27 bits per heavy atom. The maximum atomic E-state index is 10.5. The third kappa shape index (κ3) is 0.813. The number of carbonyl (C=O) groups is 1. The Morgan fingerprint density at radius 1 is 1.73 bits per heavy atom. The molecular weight excluding hydrogens is 164 g/mol. The first-order valence-corrected chi connectivity index (χ1v) is 3.81. The van der Waals surface area contributed by atoms with Crippen LogP contribution in [-0.2, 0) is 0 Å². The van der Waals surface area contributed by atoms with Crippen molar-refractivity contribution in [2.75, 3.05) is 0 Å². The molecule has 0 unspecified atom stereocenters. The highest BCUT2D eigenvalue weighted by Gasteiger charge is 2.11. The van der Waals surface area contributed by atoms with Crippen molar-refractivity contribution >= 4 is 28.2 Å². The van der Waals surface area contributed by atoms with Crippen LogP contribution in [0.3, 0.4) is 0 Å². The van der Waals surface area contributed by atoms with Crippen LogP contribution < -0.4 is 0 Å². The van der Waals surface area contributed by atoms with E-state index in [1.807, 2.05) is 0 Å². The molecule has 0 amide bonds. The molecule has 0 spiro atoms. The molecule has 0 aliphatic rings. The molecule has 0 aliphatic heterocycles. The second-order valence-corrected chi connectivity index (χ2v) is 2.95. The molecule has 0 fully saturated rings. The van der Waals surface area contributed by atoms with E-state index in [9.17, 15) is 4.79 Å². The van der Waals surface area contributed by atoms with Crippen molar-refractivity contribution in [1.29, 1.82) is 0 Å². The van der Waals surface area contributed by atoms with Gasteiger partial charge in [-0.05, 0) is 0 Å². The number of carboxylic acids is 1. The summed E-state index contributed by atoms with van der Waals surface area (Å²) in [7, 11) is 0. The summed E-state index contributed by atoms with van der Waals surface area (Å²) in [4.78, 5) is 10.9. The maximum absolute atomic E-state index is 10.5. The fraction of sp³-hybridized carbons (Fsp3) is 0. The minimum atomic E-state index is -0.897. The quantitative estimate of drug-likeness (QED) is 0.674. The molecule has 2 N–H and O–H groups in total. The molecule has 2 rings (SSSR count). The number of hydrogen-bond acceptors (Lipinski definition) is 3. The lowest BCUT2D eigenvalue weighted by Crippen LogP contribution is -1.90. The zero-order valence-corrected chi connectivity index (χ0v) is 6.18. The van der Waals surface area contributed by atoms with E-state index in [2.05, 4.69) is 10.2 Å². The van der Waals surface area contributed by atoms with Gasteiger partial charge in [-0.25, -0.2) is 4.79 Å². The van der Waals surface area contributed by atoms with Crippen molar-refractivity contribution in [2.45, 2.75) is 0 Å². The summed E-state index contributed by atoms with van der Waals surface area (Å²) in [6.07, 6.45) is 1.52. The van der Waals surface area contributed by atoms with Gasteiger partial charge < -0.3 is 5.11 Å². The molecule has 0 bridgehead atoms. The van der Waals surface area contributed by atoms with Gasteiger partial charge in [-0.3, -0.25) is 5.10 Å². The monoisotopic (exact) mass is 168 g/mol. The first-order valence-electron chi connectivity index (χ1n) is 2.93. The van der Waals surface area contributed by atoms with Crippen molar-refractivity contribution in [3.63, 3.8) is 0 Å². The first kappa shape index (κ1) is 6.36. The Kier molecular flexibility index (Phi) is 1.19. The molecule has 0 radical (unpaired) electrons. The van der Waals surface area contributed by atoms with E-state index in [1.54, 1.807) is 5.38 Å². The number of aromatic carboxylic acids is 1. The van der Waals surface area contributed by atoms with Crippen LogP contribution in [0, 0.1) is 0 Å². The van der Waals surface area contributed by atoms with Crippen LogP contribution in [0.5, 0.6) is 0 Å². The van der Waals surface area contributed by atoms with E-state index in [0.717, 1.165) is 5.52 Å². The van der Waals surface area contributed by atoms with Crippen LogP contribution in [0.15, 0.2) is 11.6 Å². The molecule has 0 aliphatic carbocycles. The van der Waals surface area contributed by atoms with Crippen LogP contribution >= 0.6 is 11.3 Å². The fourth-order valence-electron chi connectivity index (χ4n) is 0.914. The van der Waals surface area contributed by atoms with Crippen LogP contribution in [0.4, 0.5) is 0 Å². The van der Waals surface area contributed by atoms with Gasteiger partial charge in [-0.1, -0.05) is 0 Å². The third-order valence-electron chi connectivity index (χ3n) is 1.40. The van der Waals surface area contributed by atoms with Crippen molar-refractivity contribution in [3.05, 3.63) is 16.5 Å². The van der Waals surface area contributed by atoms with Crippen molar-refractivity contribution in [3.8, 4) is 0 Å². The normalized spacial score (nSPS) is 10.5. The van der Waals surface area contributed by atoms with Crippen LogP contribution in [0.25, 0.3) is 10.9 Å². The fourth-order valence-corrected chi connectivity index (χ4v) is 1.72. The number of H-pyrrole nitrogens is 1. The molecule has 5 heteroatoms. The minimum absolute atomic E-state index is 0.341. The van der Waals surface area contributed by atoms with E-state index in [-0.39, 0.29) is 0 Å². The number of hydrogen-bond donors (Lipinski definition) is 2. The zero-order valence-electron chi connectivity index (χ0n) is 5.37. The minimum Gasteiger partial charge on any atom is -0.477 e. The lowest BCUT2D eigenvalue weighted by molar-refractivity contribution is 0.0704. The second kappa shape index (κ2) is 2.06. The first-order chi connectivity index (χ1) is 5.29. The number of thiophene rings is 1.